The van der Waals surface area contributed by atoms with Gasteiger partial charge in [-0.3, -0.25) is 4.98 Å². The molecule has 0 fully saturated rings. The van der Waals surface area contributed by atoms with E-state index in [0.29, 0.717) is 0 Å². The van der Waals surface area contributed by atoms with Gasteiger partial charge in [0, 0.05) is 44.9 Å². The first-order valence-corrected chi connectivity index (χ1v) is 14.5. The topological polar surface area (TPSA) is 56.7 Å². The van der Waals surface area contributed by atoms with Gasteiger partial charge in [0.25, 0.3) is 0 Å². The maximum absolute atomic E-state index is 8.39. The van der Waals surface area contributed by atoms with Crippen molar-refractivity contribution in [3.63, 3.8) is 0 Å². The summed E-state index contributed by atoms with van der Waals surface area (Å²) in [6.45, 7) is 5.78. The van der Waals surface area contributed by atoms with E-state index < -0.39 is 5.89 Å². The summed E-state index contributed by atoms with van der Waals surface area (Å²) in [4.78, 5) is 13.9. The number of rotatable bonds is 4. The number of pyridine rings is 2. The molecule has 0 saturated carbocycles. The first-order valence-electron chi connectivity index (χ1n) is 15.0. The first-order chi connectivity index (χ1) is 21.9. The van der Waals surface area contributed by atoms with Gasteiger partial charge in [-0.15, -0.1) is 54.1 Å². The minimum absolute atomic E-state index is 0. The number of aryl methyl sites for hydroxylation is 1. The van der Waals surface area contributed by atoms with Crippen LogP contribution in [0.5, 0.6) is 0 Å². The third-order valence-corrected chi connectivity index (χ3v) is 7.53. The normalized spacial score (nSPS) is 11.6. The Balaban J connectivity index is 0.000000241. The van der Waals surface area contributed by atoms with Gasteiger partial charge in [-0.2, -0.15) is 0 Å². The number of imidazole rings is 1. The molecule has 8 rings (SSSR count). The molecule has 6 heteroatoms. The number of para-hydroxylation sites is 1. The number of hydrogen-bond donors (Lipinski definition) is 0. The standard InChI is InChI=1S/C28H22N3O.C11H8N.Ir/c1-17(2)19-12-13-21-22-10-7-11-23(26(22)32-25(21)15-19)27-30-24-14-18(3)16-29-28(24)31(27)20-8-5-4-6-9-20;1-2-6-10(7-3-1)11-8-4-5-9-12-11;/h4-10,12-17H,1-3H3;1-6,8-9H;/q2*-1;/i17D;;. The SMILES string of the molecule is [2H]C(C)(C)c1ccc2c(c1)oc1c(-c3nc4cc(C)cnc4n3-c3ccccc3)[c-]ccc12.[Ir].[c-]1ccccc1-c1ccccn1. The number of hydrogen-bond acceptors (Lipinski definition) is 4. The third kappa shape index (κ3) is 5.95. The minimum atomic E-state index is -0.701. The summed E-state index contributed by atoms with van der Waals surface area (Å²) < 4.78 is 16.9. The molecule has 0 saturated heterocycles. The molecular formula is C39H30IrN4O-2. The van der Waals surface area contributed by atoms with Crippen LogP contribution >= 0.6 is 0 Å². The molecule has 0 aliphatic rings. The predicted molar refractivity (Wildman–Crippen MR) is 178 cm³/mol. The van der Waals surface area contributed by atoms with E-state index in [-0.39, 0.29) is 20.1 Å². The van der Waals surface area contributed by atoms with Gasteiger partial charge in [0.15, 0.2) is 5.65 Å². The fourth-order valence-corrected chi connectivity index (χ4v) is 5.35. The Morgan fingerprint density at radius 2 is 1.64 bits per heavy atom. The van der Waals surface area contributed by atoms with Gasteiger partial charge in [-0.05, 0) is 60.0 Å². The fraction of sp³-hybridized carbons (Fsp3) is 0.103. The molecule has 4 aromatic heterocycles. The summed E-state index contributed by atoms with van der Waals surface area (Å²) in [5.41, 5.74) is 8.86. The van der Waals surface area contributed by atoms with Crippen LogP contribution in [0.4, 0.5) is 0 Å². The molecule has 0 aliphatic carbocycles. The van der Waals surface area contributed by atoms with Crippen LogP contribution < -0.4 is 0 Å². The average Bonchev–Trinajstić information content (AvgIpc) is 3.64. The average molecular weight is 764 g/mol. The Morgan fingerprint density at radius 1 is 0.822 bits per heavy atom. The second kappa shape index (κ2) is 13.0. The quantitative estimate of drug-likeness (QED) is 0.168. The van der Waals surface area contributed by atoms with Crippen LogP contribution in [0.15, 0.2) is 126 Å². The van der Waals surface area contributed by atoms with Crippen molar-refractivity contribution in [1.29, 1.82) is 0 Å². The second-order valence-corrected chi connectivity index (χ2v) is 10.9. The second-order valence-electron chi connectivity index (χ2n) is 10.9. The van der Waals surface area contributed by atoms with Gasteiger partial charge in [0.05, 0.1) is 16.9 Å². The van der Waals surface area contributed by atoms with Gasteiger partial charge in [0.2, 0.25) is 0 Å². The number of furan rings is 1. The van der Waals surface area contributed by atoms with Crippen molar-refractivity contribution in [3.05, 3.63) is 145 Å². The molecule has 1 radical (unpaired) electrons. The molecule has 0 atom stereocenters. The molecule has 8 aromatic rings. The Morgan fingerprint density at radius 3 is 2.40 bits per heavy atom. The van der Waals surface area contributed by atoms with Crippen LogP contribution in [0, 0.1) is 19.1 Å². The number of aromatic nitrogens is 4. The molecule has 0 N–H and O–H groups in total. The maximum atomic E-state index is 8.39. The summed E-state index contributed by atoms with van der Waals surface area (Å²) in [5.74, 6) is 0.0347. The Hall–Kier alpha value is -4.90. The van der Waals surface area contributed by atoms with Crippen molar-refractivity contribution in [3.8, 4) is 28.3 Å². The maximum Gasteiger partial charge on any atom is 0.155 e. The monoisotopic (exact) mass is 764 g/mol. The van der Waals surface area contributed by atoms with E-state index in [1.165, 1.54) is 0 Å². The Kier molecular flexibility index (Phi) is 8.33. The molecule has 5 nitrogen and oxygen atoms in total. The van der Waals surface area contributed by atoms with Gasteiger partial charge < -0.3 is 14.0 Å². The van der Waals surface area contributed by atoms with E-state index in [2.05, 4.69) is 21.7 Å². The zero-order chi connectivity index (χ0) is 31.0. The number of fused-ring (bicyclic) bond motifs is 4. The van der Waals surface area contributed by atoms with Crippen LogP contribution in [-0.4, -0.2) is 19.5 Å². The molecular weight excluding hydrogens is 733 g/mol. The summed E-state index contributed by atoms with van der Waals surface area (Å²) in [5, 5.41) is 2.02. The molecule has 0 amide bonds. The summed E-state index contributed by atoms with van der Waals surface area (Å²) in [6, 6.07) is 42.3. The van der Waals surface area contributed by atoms with E-state index in [9.17, 15) is 0 Å². The molecule has 0 aliphatic heterocycles. The molecule has 4 heterocycles. The van der Waals surface area contributed by atoms with E-state index >= 15 is 0 Å². The molecule has 223 valence electrons. The number of benzene rings is 4. The van der Waals surface area contributed by atoms with Crippen molar-refractivity contribution in [1.82, 2.24) is 19.5 Å². The smallest absolute Gasteiger partial charge is 0.155 e. The summed E-state index contributed by atoms with van der Waals surface area (Å²) >= 11 is 0. The first kappa shape index (κ1) is 28.8. The molecule has 45 heavy (non-hydrogen) atoms. The van der Waals surface area contributed by atoms with E-state index in [0.717, 1.165) is 72.6 Å². The van der Waals surface area contributed by atoms with E-state index in [1.807, 2.05) is 136 Å². The van der Waals surface area contributed by atoms with Crippen molar-refractivity contribution < 1.29 is 25.9 Å². The van der Waals surface area contributed by atoms with E-state index in [1.54, 1.807) is 6.20 Å². The van der Waals surface area contributed by atoms with Crippen molar-refractivity contribution >= 4 is 33.1 Å². The molecule has 0 spiro atoms. The van der Waals surface area contributed by atoms with Crippen LogP contribution in [0.3, 0.4) is 0 Å². The van der Waals surface area contributed by atoms with Gasteiger partial charge in [0.1, 0.15) is 5.58 Å². The van der Waals surface area contributed by atoms with Gasteiger partial charge in [-0.1, -0.05) is 67.3 Å². The number of nitrogens with zero attached hydrogens (tertiary/aromatic N) is 4. The third-order valence-electron chi connectivity index (χ3n) is 7.53. The van der Waals surface area contributed by atoms with Gasteiger partial charge >= 0.3 is 0 Å². The van der Waals surface area contributed by atoms with Crippen LogP contribution in [0.1, 0.15) is 32.2 Å². The minimum Gasteiger partial charge on any atom is -0.501 e. The predicted octanol–water partition coefficient (Wildman–Crippen LogP) is 9.77. The van der Waals surface area contributed by atoms with Crippen LogP contribution in [0.25, 0.3) is 61.4 Å². The zero-order valence-corrected chi connectivity index (χ0v) is 27.5. The van der Waals surface area contributed by atoms with Crippen molar-refractivity contribution in [2.75, 3.05) is 0 Å². The fourth-order valence-electron chi connectivity index (χ4n) is 5.35. The zero-order valence-electron chi connectivity index (χ0n) is 26.1. The molecule has 4 aromatic carbocycles. The Labute approximate surface area is 277 Å². The van der Waals surface area contributed by atoms with Crippen LogP contribution in [-0.2, 0) is 20.1 Å². The summed E-state index contributed by atoms with van der Waals surface area (Å²) in [6.07, 6.45) is 3.65. The largest absolute Gasteiger partial charge is 0.501 e. The van der Waals surface area contributed by atoms with Crippen LogP contribution in [0.2, 0.25) is 0 Å². The molecule has 0 bridgehead atoms. The van der Waals surface area contributed by atoms with Gasteiger partial charge in [-0.25, -0.2) is 4.98 Å². The molecule has 0 unspecified atom stereocenters. The summed E-state index contributed by atoms with van der Waals surface area (Å²) in [7, 11) is 0. The van der Waals surface area contributed by atoms with E-state index in [4.69, 9.17) is 15.8 Å². The van der Waals surface area contributed by atoms with Crippen molar-refractivity contribution in [2.45, 2.75) is 26.7 Å². The van der Waals surface area contributed by atoms with Crippen molar-refractivity contribution in [2.24, 2.45) is 0 Å². The Bertz CT molecular complexity index is 2220.